The van der Waals surface area contributed by atoms with Crippen molar-refractivity contribution in [1.29, 1.82) is 0 Å². The smallest absolute Gasteiger partial charge is 0.168 e. The van der Waals surface area contributed by atoms with Crippen molar-refractivity contribution in [3.63, 3.8) is 0 Å². The van der Waals surface area contributed by atoms with Crippen molar-refractivity contribution < 1.29 is 19.2 Å². The third-order valence-electron chi connectivity index (χ3n) is 8.84. The first-order chi connectivity index (χ1) is 21.5. The minimum absolute atomic E-state index is 0.0193. The van der Waals surface area contributed by atoms with Crippen molar-refractivity contribution in [2.45, 2.75) is 50.4 Å². The molecule has 2 unspecified atom stereocenters. The van der Waals surface area contributed by atoms with Crippen molar-refractivity contribution >= 4 is 33.7 Å². The molecule has 2 atom stereocenters. The molecule has 44 heavy (non-hydrogen) atoms. The Kier molecular flexibility index (Phi) is 7.49. The second-order valence-corrected chi connectivity index (χ2v) is 11.7. The molecule has 0 spiro atoms. The lowest BCUT2D eigenvalue weighted by atomic mass is 9.80. The van der Waals surface area contributed by atoms with Gasteiger partial charge in [0.05, 0.1) is 28.2 Å². The topological polar surface area (TPSA) is 92.8 Å². The standard InChI is InChI=1S/C38H32N2O4/c41-33-20-28(24-9-3-1-4-10-24)21-34(42)37(33)31(39-30-16-15-26-13-7-8-14-27(26)19-30)17-18-32-38-35(43)22-29(23-36(38)44-40-32)25-11-5-2-6-12-25/h1-16,19,28-29,41H,17-18,20-23H2. The van der Waals surface area contributed by atoms with E-state index in [9.17, 15) is 14.7 Å². The molecule has 1 aromatic heterocycles. The summed E-state index contributed by atoms with van der Waals surface area (Å²) in [5, 5.41) is 17.8. The number of hydrogen-bond acceptors (Lipinski definition) is 6. The lowest BCUT2D eigenvalue weighted by Crippen LogP contribution is -2.24. The van der Waals surface area contributed by atoms with Gasteiger partial charge in [0.25, 0.3) is 0 Å². The predicted molar refractivity (Wildman–Crippen MR) is 171 cm³/mol. The summed E-state index contributed by atoms with van der Waals surface area (Å²) < 4.78 is 5.72. The van der Waals surface area contributed by atoms with E-state index in [2.05, 4.69) is 5.16 Å². The number of hydrogen-bond donors (Lipinski definition) is 1. The first-order valence-corrected chi connectivity index (χ1v) is 15.2. The molecule has 2 aliphatic carbocycles. The number of benzene rings is 4. The summed E-state index contributed by atoms with van der Waals surface area (Å²) in [5.74, 6) is 0.517. The van der Waals surface area contributed by atoms with Gasteiger partial charge in [-0.2, -0.15) is 0 Å². The van der Waals surface area contributed by atoms with Gasteiger partial charge in [-0.25, -0.2) is 0 Å². The first kappa shape index (κ1) is 27.7. The van der Waals surface area contributed by atoms with Crippen molar-refractivity contribution in [1.82, 2.24) is 5.16 Å². The Morgan fingerprint density at radius 2 is 1.39 bits per heavy atom. The Morgan fingerprint density at radius 3 is 2.09 bits per heavy atom. The lowest BCUT2D eigenvalue weighted by molar-refractivity contribution is -0.116. The maximum Gasteiger partial charge on any atom is 0.168 e. The normalized spacial score (nSPS) is 19.0. The largest absolute Gasteiger partial charge is 0.511 e. The zero-order chi connectivity index (χ0) is 30.0. The van der Waals surface area contributed by atoms with E-state index in [1.54, 1.807) is 0 Å². The van der Waals surface area contributed by atoms with E-state index in [1.165, 1.54) is 0 Å². The third-order valence-corrected chi connectivity index (χ3v) is 8.84. The van der Waals surface area contributed by atoms with Crippen LogP contribution in [0.5, 0.6) is 0 Å². The van der Waals surface area contributed by atoms with E-state index in [1.807, 2.05) is 103 Å². The average molecular weight is 581 g/mol. The number of allylic oxidation sites excluding steroid dienone is 2. The summed E-state index contributed by atoms with van der Waals surface area (Å²) in [5.41, 5.74) is 4.74. The minimum Gasteiger partial charge on any atom is -0.511 e. The van der Waals surface area contributed by atoms with Crippen molar-refractivity contribution in [3.8, 4) is 0 Å². The summed E-state index contributed by atoms with van der Waals surface area (Å²) in [6.07, 6.45) is 2.34. The Labute approximate surface area is 255 Å². The van der Waals surface area contributed by atoms with Crippen LogP contribution in [0.1, 0.15) is 70.5 Å². The molecule has 0 saturated heterocycles. The number of aliphatic imine (C=N–C) groups is 1. The zero-order valence-corrected chi connectivity index (χ0v) is 24.3. The van der Waals surface area contributed by atoms with E-state index in [0.717, 1.165) is 21.9 Å². The van der Waals surface area contributed by atoms with Gasteiger partial charge in [0.15, 0.2) is 11.6 Å². The van der Waals surface area contributed by atoms with Crippen LogP contribution in [0, 0.1) is 0 Å². The van der Waals surface area contributed by atoms with Crippen LogP contribution in [-0.2, 0) is 17.6 Å². The van der Waals surface area contributed by atoms with Gasteiger partial charge in [0, 0.05) is 25.7 Å². The second-order valence-electron chi connectivity index (χ2n) is 11.7. The number of ketones is 2. The molecular weight excluding hydrogens is 548 g/mol. The van der Waals surface area contributed by atoms with Gasteiger partial charge in [-0.3, -0.25) is 14.6 Å². The SMILES string of the molecule is O=C1CC(c2ccccc2)CC(O)=C1C(CCc1noc2c1C(=O)CC(c1ccccc1)C2)=Nc1ccc2ccccc2c1. The molecule has 1 heterocycles. The number of Topliss-reactive ketones (excluding diaryl/α,β-unsaturated/α-hetero) is 2. The Morgan fingerprint density at radius 1 is 0.750 bits per heavy atom. The summed E-state index contributed by atoms with van der Waals surface area (Å²) in [6, 6.07) is 33.8. The number of aliphatic hydroxyl groups is 1. The predicted octanol–water partition coefficient (Wildman–Crippen LogP) is 8.40. The Hall–Kier alpha value is -5.10. The van der Waals surface area contributed by atoms with Crippen LogP contribution < -0.4 is 0 Å². The fraction of sp³-hybridized carbons (Fsp3) is 0.211. The molecule has 0 radical (unpaired) electrons. The number of aryl methyl sites for hydroxylation is 1. The molecule has 0 fully saturated rings. The molecule has 2 aliphatic rings. The fourth-order valence-electron chi connectivity index (χ4n) is 6.63. The number of carbonyl (C=O) groups is 2. The molecule has 6 heteroatoms. The van der Waals surface area contributed by atoms with Gasteiger partial charge in [-0.15, -0.1) is 0 Å². The van der Waals surface area contributed by atoms with Crippen LogP contribution in [0.4, 0.5) is 5.69 Å². The van der Waals surface area contributed by atoms with Crippen molar-refractivity contribution in [2.75, 3.05) is 0 Å². The van der Waals surface area contributed by atoms with Gasteiger partial charge >= 0.3 is 0 Å². The quantitative estimate of drug-likeness (QED) is 0.195. The highest BCUT2D eigenvalue weighted by atomic mass is 16.5. The number of carbonyl (C=O) groups excluding carboxylic acids is 2. The van der Waals surface area contributed by atoms with Gasteiger partial charge in [0.2, 0.25) is 0 Å². The molecule has 218 valence electrons. The molecule has 0 aliphatic heterocycles. The lowest BCUT2D eigenvalue weighted by Gasteiger charge is -2.25. The summed E-state index contributed by atoms with van der Waals surface area (Å²) >= 11 is 0. The van der Waals surface area contributed by atoms with Crippen LogP contribution in [-0.4, -0.2) is 27.5 Å². The van der Waals surface area contributed by atoms with Crippen LogP contribution in [0.15, 0.2) is 124 Å². The van der Waals surface area contributed by atoms with Crippen LogP contribution >= 0.6 is 0 Å². The number of aliphatic hydroxyl groups excluding tert-OH is 1. The molecule has 4 aromatic carbocycles. The molecule has 0 amide bonds. The number of nitrogens with zero attached hydrogens (tertiary/aromatic N) is 2. The minimum atomic E-state index is -0.133. The second kappa shape index (κ2) is 11.9. The maximum atomic E-state index is 13.7. The van der Waals surface area contributed by atoms with E-state index >= 15 is 0 Å². The molecule has 7 rings (SSSR count). The van der Waals surface area contributed by atoms with Crippen molar-refractivity contribution in [3.05, 3.63) is 143 Å². The maximum absolute atomic E-state index is 13.7. The Balaban J connectivity index is 1.20. The molecular formula is C38H32N2O4. The summed E-state index contributed by atoms with van der Waals surface area (Å²) in [4.78, 5) is 32.0. The van der Waals surface area contributed by atoms with Crippen LogP contribution in [0.2, 0.25) is 0 Å². The summed E-state index contributed by atoms with van der Waals surface area (Å²) in [7, 11) is 0. The molecule has 0 bridgehead atoms. The highest BCUT2D eigenvalue weighted by Crippen LogP contribution is 2.37. The van der Waals surface area contributed by atoms with Gasteiger partial charge in [-0.1, -0.05) is 96.2 Å². The zero-order valence-electron chi connectivity index (χ0n) is 24.3. The molecule has 1 N–H and O–H groups in total. The van der Waals surface area contributed by atoms with Gasteiger partial charge in [-0.05, 0) is 58.7 Å². The number of fused-ring (bicyclic) bond motifs is 2. The van der Waals surface area contributed by atoms with E-state index in [-0.39, 0.29) is 34.7 Å². The monoisotopic (exact) mass is 580 g/mol. The summed E-state index contributed by atoms with van der Waals surface area (Å²) in [6.45, 7) is 0. The van der Waals surface area contributed by atoms with E-state index < -0.39 is 0 Å². The average Bonchev–Trinajstić information content (AvgIpc) is 3.47. The third kappa shape index (κ3) is 5.51. The van der Waals surface area contributed by atoms with Crippen LogP contribution in [0.25, 0.3) is 10.8 Å². The van der Waals surface area contributed by atoms with Crippen molar-refractivity contribution in [2.24, 2.45) is 4.99 Å². The number of rotatable bonds is 7. The highest BCUT2D eigenvalue weighted by molar-refractivity contribution is 6.24. The number of aromatic nitrogens is 1. The van der Waals surface area contributed by atoms with Gasteiger partial charge in [0.1, 0.15) is 11.5 Å². The first-order valence-electron chi connectivity index (χ1n) is 15.2. The highest BCUT2D eigenvalue weighted by Gasteiger charge is 2.34. The molecule has 6 nitrogen and oxygen atoms in total. The fourth-order valence-corrected chi connectivity index (χ4v) is 6.63. The van der Waals surface area contributed by atoms with E-state index in [4.69, 9.17) is 9.52 Å². The molecule has 5 aromatic rings. The van der Waals surface area contributed by atoms with Gasteiger partial charge < -0.3 is 9.63 Å². The van der Waals surface area contributed by atoms with E-state index in [0.29, 0.717) is 66.9 Å². The Bertz CT molecular complexity index is 1920. The van der Waals surface area contributed by atoms with Crippen LogP contribution in [0.3, 0.4) is 0 Å². The molecule has 0 saturated carbocycles.